The predicted molar refractivity (Wildman–Crippen MR) is 2.90 cm³/mol. The quantitative estimate of drug-likeness (QED) is 0.428. The average Bonchev–Trinajstić information content (AvgIpc) is 0.811. The molecule has 4 heavy (non-hydrogen) atoms. The molecule has 0 aliphatic carbocycles. The van der Waals surface area contributed by atoms with Gasteiger partial charge in [-0.1, -0.05) is 0 Å². The number of halogens is 2. The standard InChI is InChI=1S/Cu.2FH.O/h;2*1H;/q+2;;;/p-2. The Kier molecular flexibility index (Phi) is 1.56. The van der Waals surface area contributed by atoms with Gasteiger partial charge in [-0.25, -0.2) is 0 Å². The summed E-state index contributed by atoms with van der Waals surface area (Å²) in [5.74, 6) is 0. The van der Waals surface area contributed by atoms with E-state index in [4.69, 9.17) is 3.83 Å². The zero-order valence-corrected chi connectivity index (χ0v) is 2.41. The summed E-state index contributed by atoms with van der Waals surface area (Å²) < 4.78 is 27.8. The minimum atomic E-state index is -3.56. The first-order chi connectivity index (χ1) is 1.73. The van der Waals surface area contributed by atoms with Crippen LogP contribution in [-0.2, 0) is 18.6 Å². The molecule has 0 amide bonds. The van der Waals surface area contributed by atoms with Crippen molar-refractivity contribution in [1.29, 1.82) is 0 Å². The van der Waals surface area contributed by atoms with Crippen LogP contribution in [0.2, 0.25) is 0 Å². The SMILES string of the molecule is [O]=[Cu]([F])[F]. The molecular formula is CuF2O. The molecule has 4 heteroatoms. The summed E-state index contributed by atoms with van der Waals surface area (Å²) in [6.07, 6.45) is 0. The van der Waals surface area contributed by atoms with Crippen molar-refractivity contribution in [3.05, 3.63) is 0 Å². The second kappa shape index (κ2) is 1.49. The van der Waals surface area contributed by atoms with Gasteiger partial charge >= 0.3 is 25.7 Å². The average molecular weight is 118 g/mol. The molecule has 0 N–H and O–H groups in total. The number of hydrogen-bond donors (Lipinski definition) is 0. The van der Waals surface area contributed by atoms with Crippen LogP contribution in [0.4, 0.5) is 7.10 Å². The minimum absolute atomic E-state index is 3.56. The molecule has 0 saturated heterocycles. The molecular weight excluding hydrogens is 118 g/mol. The van der Waals surface area contributed by atoms with Crippen LogP contribution >= 0.6 is 0 Å². The Morgan fingerprint density at radius 3 is 1.50 bits per heavy atom. The Morgan fingerprint density at radius 2 is 1.50 bits per heavy atom. The van der Waals surface area contributed by atoms with E-state index >= 15 is 0 Å². The second-order valence-electron chi connectivity index (χ2n) is 0.136. The molecule has 0 unspecified atom stereocenters. The third kappa shape index (κ3) is 94.1. The van der Waals surface area contributed by atoms with E-state index < -0.39 is 14.7 Å². The van der Waals surface area contributed by atoms with Crippen molar-refractivity contribution in [2.24, 2.45) is 0 Å². The fourth-order valence-corrected chi connectivity index (χ4v) is 0. The summed E-state index contributed by atoms with van der Waals surface area (Å²) in [5.41, 5.74) is 0. The number of hydrogen-bond acceptors (Lipinski definition) is 1. The van der Waals surface area contributed by atoms with Crippen molar-refractivity contribution in [2.75, 3.05) is 0 Å². The normalized spacial score (nSPS) is 11.0. The molecule has 0 aromatic heterocycles. The van der Waals surface area contributed by atoms with Gasteiger partial charge in [0.2, 0.25) is 0 Å². The summed E-state index contributed by atoms with van der Waals surface area (Å²) >= 11 is -3.56. The van der Waals surface area contributed by atoms with E-state index in [0.717, 1.165) is 0 Å². The third-order valence-electron chi connectivity index (χ3n) is 0. The first-order valence-electron chi connectivity index (χ1n) is 0.351. The van der Waals surface area contributed by atoms with Gasteiger partial charge in [0.15, 0.2) is 0 Å². The Bertz CT molecular complexity index is 29.0. The van der Waals surface area contributed by atoms with E-state index in [1.165, 1.54) is 0 Å². The number of rotatable bonds is 0. The monoisotopic (exact) mass is 117 g/mol. The summed E-state index contributed by atoms with van der Waals surface area (Å²) in [6, 6.07) is 0. The molecule has 0 rings (SSSR count). The second-order valence-corrected chi connectivity index (χ2v) is 0.561. The molecule has 0 radical (unpaired) electrons. The molecule has 1 nitrogen and oxygen atoms in total. The van der Waals surface area contributed by atoms with Crippen LogP contribution in [0, 0.1) is 0 Å². The van der Waals surface area contributed by atoms with Crippen LogP contribution in [-0.4, -0.2) is 0 Å². The molecule has 0 aliphatic heterocycles. The molecule has 0 aliphatic rings. The van der Waals surface area contributed by atoms with Gasteiger partial charge in [0.25, 0.3) is 0 Å². The van der Waals surface area contributed by atoms with Crippen molar-refractivity contribution in [2.45, 2.75) is 0 Å². The topological polar surface area (TPSA) is 17.1 Å². The molecule has 0 spiro atoms. The van der Waals surface area contributed by atoms with Gasteiger partial charge in [0, 0.05) is 0 Å². The molecule has 0 bridgehead atoms. The van der Waals surface area contributed by atoms with Gasteiger partial charge in [-0.3, -0.25) is 0 Å². The fraction of sp³-hybridized carbons (Fsp3) is 0. The van der Waals surface area contributed by atoms with Crippen LogP contribution < -0.4 is 0 Å². The van der Waals surface area contributed by atoms with Gasteiger partial charge in [0.1, 0.15) is 0 Å². The van der Waals surface area contributed by atoms with E-state index in [1.807, 2.05) is 0 Å². The van der Waals surface area contributed by atoms with Crippen LogP contribution in [0.25, 0.3) is 0 Å². The summed E-state index contributed by atoms with van der Waals surface area (Å²) in [6.45, 7) is 0. The van der Waals surface area contributed by atoms with Gasteiger partial charge in [-0.05, 0) is 0 Å². The van der Waals surface area contributed by atoms with E-state index in [0.29, 0.717) is 0 Å². The molecule has 0 fully saturated rings. The summed E-state index contributed by atoms with van der Waals surface area (Å²) in [5, 5.41) is 0. The Balaban J connectivity index is 2.80. The molecule has 0 aromatic carbocycles. The summed E-state index contributed by atoms with van der Waals surface area (Å²) in [4.78, 5) is 0. The molecule has 31 valence electrons. The molecule has 0 aromatic rings. The van der Waals surface area contributed by atoms with Crippen LogP contribution in [0.3, 0.4) is 0 Å². The maximum atomic E-state index is 9.80. The van der Waals surface area contributed by atoms with Gasteiger partial charge in [0.05, 0.1) is 0 Å². The van der Waals surface area contributed by atoms with Crippen molar-refractivity contribution in [1.82, 2.24) is 0 Å². The Labute approximate surface area is 26.6 Å². The summed E-state index contributed by atoms with van der Waals surface area (Å²) in [7, 11) is 0. The van der Waals surface area contributed by atoms with Gasteiger partial charge in [-0.15, -0.1) is 0 Å². The van der Waals surface area contributed by atoms with E-state index in [9.17, 15) is 7.10 Å². The fourth-order valence-electron chi connectivity index (χ4n) is 0. The van der Waals surface area contributed by atoms with Crippen molar-refractivity contribution in [3.8, 4) is 0 Å². The Hall–Kier alpha value is 0.179. The van der Waals surface area contributed by atoms with Crippen LogP contribution in [0.1, 0.15) is 0 Å². The van der Waals surface area contributed by atoms with Crippen molar-refractivity contribution >= 4 is 0 Å². The predicted octanol–water partition coefficient (Wildman–Crippen LogP) is 0.719. The van der Waals surface area contributed by atoms with Gasteiger partial charge < -0.3 is 0 Å². The molecule has 0 saturated carbocycles. The first-order valence-corrected chi connectivity index (χ1v) is 1.45. The van der Waals surface area contributed by atoms with Crippen molar-refractivity contribution < 1.29 is 25.7 Å². The van der Waals surface area contributed by atoms with E-state index in [-0.39, 0.29) is 0 Å². The van der Waals surface area contributed by atoms with E-state index in [2.05, 4.69) is 0 Å². The molecule has 0 heterocycles. The van der Waals surface area contributed by atoms with Gasteiger partial charge in [-0.2, -0.15) is 0 Å². The Morgan fingerprint density at radius 1 is 1.50 bits per heavy atom. The zero-order valence-electron chi connectivity index (χ0n) is 1.47. The maximum absolute atomic E-state index is 9.80. The van der Waals surface area contributed by atoms with Crippen LogP contribution in [0.5, 0.6) is 0 Å². The van der Waals surface area contributed by atoms with Crippen molar-refractivity contribution in [3.63, 3.8) is 0 Å². The molecule has 0 atom stereocenters. The third-order valence-corrected chi connectivity index (χ3v) is 0. The van der Waals surface area contributed by atoms with E-state index in [1.54, 1.807) is 0 Å². The zero-order chi connectivity index (χ0) is 3.58. The van der Waals surface area contributed by atoms with Crippen LogP contribution in [0.15, 0.2) is 0 Å². The first kappa shape index (κ1) is 4.18.